The number of hydrogen-bond donors (Lipinski definition) is 1. The van der Waals surface area contributed by atoms with Gasteiger partial charge in [-0.25, -0.2) is 12.7 Å². The van der Waals surface area contributed by atoms with Crippen molar-refractivity contribution in [1.29, 1.82) is 0 Å². The molecule has 1 saturated heterocycles. The predicted octanol–water partition coefficient (Wildman–Crippen LogP) is 0.245. The summed E-state index contributed by atoms with van der Waals surface area (Å²) >= 11 is 0. The number of benzene rings is 1. The molecule has 0 spiro atoms. The van der Waals surface area contributed by atoms with Crippen LogP contribution >= 0.6 is 0 Å². The van der Waals surface area contributed by atoms with E-state index in [4.69, 9.17) is 9.47 Å². The van der Waals surface area contributed by atoms with Crippen LogP contribution in [0.5, 0.6) is 11.5 Å². The van der Waals surface area contributed by atoms with Gasteiger partial charge in [-0.05, 0) is 12.1 Å². The maximum atomic E-state index is 12.0. The van der Waals surface area contributed by atoms with Crippen LogP contribution in [0.25, 0.3) is 0 Å². The normalized spacial score (nSPS) is 18.6. The van der Waals surface area contributed by atoms with Crippen LogP contribution in [0, 0.1) is 5.92 Å². The molecule has 2 aliphatic heterocycles. The highest BCUT2D eigenvalue weighted by molar-refractivity contribution is 7.88. The first kappa shape index (κ1) is 13.2. The van der Waals surface area contributed by atoms with Crippen LogP contribution in [0.3, 0.4) is 0 Å². The number of nitrogens with one attached hydrogen (secondary N) is 1. The summed E-state index contributed by atoms with van der Waals surface area (Å²) < 4.78 is 34.1. The van der Waals surface area contributed by atoms with Crippen LogP contribution < -0.4 is 14.8 Å². The second kappa shape index (κ2) is 4.64. The summed E-state index contributed by atoms with van der Waals surface area (Å²) in [6.07, 6.45) is 1.14. The van der Waals surface area contributed by atoms with Crippen molar-refractivity contribution < 1.29 is 22.7 Å². The van der Waals surface area contributed by atoms with Crippen LogP contribution in [0.4, 0.5) is 5.69 Å². The van der Waals surface area contributed by atoms with Crippen LogP contribution in [-0.2, 0) is 14.8 Å². The fourth-order valence-electron chi connectivity index (χ4n) is 2.09. The maximum Gasteiger partial charge on any atom is 0.231 e. The van der Waals surface area contributed by atoms with Crippen molar-refractivity contribution >= 4 is 21.6 Å². The largest absolute Gasteiger partial charge is 0.454 e. The van der Waals surface area contributed by atoms with Crippen LogP contribution in [-0.4, -0.2) is 44.8 Å². The standard InChI is InChI=1S/C12H14N2O5S/c1-20(16,17)14-5-8(6-14)12(15)13-9-2-3-10-11(4-9)19-7-18-10/h2-4,8H,5-7H2,1H3,(H,13,15). The van der Waals surface area contributed by atoms with Crippen molar-refractivity contribution in [3.8, 4) is 11.5 Å². The van der Waals surface area contributed by atoms with E-state index in [-0.39, 0.29) is 31.7 Å². The van der Waals surface area contributed by atoms with E-state index in [1.807, 2.05) is 0 Å². The van der Waals surface area contributed by atoms with Crippen molar-refractivity contribution in [2.45, 2.75) is 0 Å². The Bertz CT molecular complexity index is 652. The van der Waals surface area contributed by atoms with Gasteiger partial charge >= 0.3 is 0 Å². The van der Waals surface area contributed by atoms with Gasteiger partial charge in [0.05, 0.1) is 12.2 Å². The topological polar surface area (TPSA) is 84.9 Å². The minimum absolute atomic E-state index is 0.179. The van der Waals surface area contributed by atoms with E-state index in [0.717, 1.165) is 6.26 Å². The van der Waals surface area contributed by atoms with Gasteiger partial charge in [0.1, 0.15) is 0 Å². The molecule has 3 rings (SSSR count). The lowest BCUT2D eigenvalue weighted by atomic mass is 10.0. The molecule has 1 aromatic carbocycles. The number of carbonyl (C=O) groups is 1. The van der Waals surface area contributed by atoms with Gasteiger partial charge in [-0.2, -0.15) is 0 Å². The van der Waals surface area contributed by atoms with Crippen molar-refractivity contribution in [3.05, 3.63) is 18.2 Å². The third-order valence-electron chi connectivity index (χ3n) is 3.33. The molecule has 0 unspecified atom stereocenters. The van der Waals surface area contributed by atoms with Gasteiger partial charge in [0.25, 0.3) is 0 Å². The van der Waals surface area contributed by atoms with E-state index in [0.29, 0.717) is 17.2 Å². The zero-order valence-corrected chi connectivity index (χ0v) is 11.6. The Morgan fingerprint density at radius 3 is 2.70 bits per heavy atom. The van der Waals surface area contributed by atoms with Crippen molar-refractivity contribution in [1.82, 2.24) is 4.31 Å². The highest BCUT2D eigenvalue weighted by Gasteiger charge is 2.37. The number of nitrogens with zero attached hydrogens (tertiary/aromatic N) is 1. The molecule has 1 N–H and O–H groups in total. The van der Waals surface area contributed by atoms with Crippen molar-refractivity contribution in [2.24, 2.45) is 5.92 Å². The molecular weight excluding hydrogens is 284 g/mol. The molecule has 0 atom stereocenters. The highest BCUT2D eigenvalue weighted by atomic mass is 32.2. The number of ether oxygens (including phenoxy) is 2. The number of anilines is 1. The first-order chi connectivity index (χ1) is 9.43. The summed E-state index contributed by atoms with van der Waals surface area (Å²) in [5, 5.41) is 2.75. The third-order valence-corrected chi connectivity index (χ3v) is 4.56. The zero-order chi connectivity index (χ0) is 14.3. The molecule has 20 heavy (non-hydrogen) atoms. The van der Waals surface area contributed by atoms with Gasteiger partial charge in [0.2, 0.25) is 22.7 Å². The Balaban J connectivity index is 1.61. The maximum absolute atomic E-state index is 12.0. The van der Waals surface area contributed by atoms with Crippen molar-refractivity contribution in [2.75, 3.05) is 31.5 Å². The lowest BCUT2D eigenvalue weighted by Gasteiger charge is -2.35. The molecule has 0 saturated carbocycles. The van der Waals surface area contributed by atoms with E-state index in [9.17, 15) is 13.2 Å². The van der Waals surface area contributed by atoms with E-state index in [1.54, 1.807) is 18.2 Å². The molecule has 0 bridgehead atoms. The number of fused-ring (bicyclic) bond motifs is 1. The average Bonchev–Trinajstić information content (AvgIpc) is 2.71. The van der Waals surface area contributed by atoms with E-state index in [1.165, 1.54) is 4.31 Å². The van der Waals surface area contributed by atoms with Gasteiger partial charge in [-0.1, -0.05) is 0 Å². The Kier molecular flexibility index (Phi) is 3.06. The average molecular weight is 298 g/mol. The van der Waals surface area contributed by atoms with Gasteiger partial charge in [-0.15, -0.1) is 0 Å². The second-order valence-corrected chi connectivity index (χ2v) is 6.82. The molecule has 108 valence electrons. The first-order valence-electron chi connectivity index (χ1n) is 6.09. The number of hydrogen-bond acceptors (Lipinski definition) is 5. The van der Waals surface area contributed by atoms with Crippen LogP contribution in [0.2, 0.25) is 0 Å². The van der Waals surface area contributed by atoms with E-state index < -0.39 is 10.0 Å². The molecule has 2 heterocycles. The van der Waals surface area contributed by atoms with Gasteiger partial charge in [-0.3, -0.25) is 4.79 Å². The number of sulfonamides is 1. The van der Waals surface area contributed by atoms with E-state index in [2.05, 4.69) is 5.32 Å². The minimum Gasteiger partial charge on any atom is -0.454 e. The highest BCUT2D eigenvalue weighted by Crippen LogP contribution is 2.34. The monoisotopic (exact) mass is 298 g/mol. The summed E-state index contributed by atoms with van der Waals surface area (Å²) in [5.41, 5.74) is 0.608. The number of carbonyl (C=O) groups excluding carboxylic acids is 1. The summed E-state index contributed by atoms with van der Waals surface area (Å²) in [4.78, 5) is 12.0. The number of rotatable bonds is 3. The molecule has 1 amide bonds. The lowest BCUT2D eigenvalue weighted by Crippen LogP contribution is -2.53. The molecule has 0 radical (unpaired) electrons. The van der Waals surface area contributed by atoms with Gasteiger partial charge in [0.15, 0.2) is 11.5 Å². The fourth-order valence-corrected chi connectivity index (χ4v) is 2.99. The Morgan fingerprint density at radius 2 is 2.00 bits per heavy atom. The SMILES string of the molecule is CS(=O)(=O)N1CC(C(=O)Nc2ccc3c(c2)OCO3)C1. The Hall–Kier alpha value is -1.80. The number of amides is 1. The molecule has 1 fully saturated rings. The molecule has 8 heteroatoms. The summed E-state index contributed by atoms with van der Waals surface area (Å²) in [6.45, 7) is 0.642. The summed E-state index contributed by atoms with van der Waals surface area (Å²) in [5.74, 6) is 0.739. The minimum atomic E-state index is -3.20. The Labute approximate surface area is 116 Å². The summed E-state index contributed by atoms with van der Waals surface area (Å²) in [7, 11) is -3.20. The smallest absolute Gasteiger partial charge is 0.231 e. The third kappa shape index (κ3) is 2.44. The lowest BCUT2D eigenvalue weighted by molar-refractivity contribution is -0.122. The molecular formula is C12H14N2O5S. The predicted molar refractivity (Wildman–Crippen MR) is 71.1 cm³/mol. The molecule has 0 aromatic heterocycles. The Morgan fingerprint density at radius 1 is 1.30 bits per heavy atom. The van der Waals surface area contributed by atoms with Crippen molar-refractivity contribution in [3.63, 3.8) is 0 Å². The van der Waals surface area contributed by atoms with Crippen LogP contribution in [0.1, 0.15) is 0 Å². The fraction of sp³-hybridized carbons (Fsp3) is 0.417. The van der Waals surface area contributed by atoms with Gasteiger partial charge in [0, 0.05) is 24.8 Å². The zero-order valence-electron chi connectivity index (χ0n) is 10.8. The molecule has 1 aromatic rings. The molecule has 2 aliphatic rings. The van der Waals surface area contributed by atoms with E-state index >= 15 is 0 Å². The molecule has 7 nitrogen and oxygen atoms in total. The first-order valence-corrected chi connectivity index (χ1v) is 7.94. The second-order valence-electron chi connectivity index (χ2n) is 4.83. The van der Waals surface area contributed by atoms with Gasteiger partial charge < -0.3 is 14.8 Å². The van der Waals surface area contributed by atoms with Crippen LogP contribution in [0.15, 0.2) is 18.2 Å². The quantitative estimate of drug-likeness (QED) is 0.864. The molecule has 0 aliphatic carbocycles. The summed E-state index contributed by atoms with van der Waals surface area (Å²) in [6, 6.07) is 5.13.